The standard InChI is InChI=1S/C16H21N5O/c1-5-10-17-20-15-18-13(6-2)21(16(22)19-15)14-11(3)8-7-9-12(14)4/h5,7-9,17H,1,6,10H2,2-4H3,(H,19,20,22). The monoisotopic (exact) mass is 299 g/mol. The second-order valence-corrected chi connectivity index (χ2v) is 4.97. The highest BCUT2D eigenvalue weighted by molar-refractivity contribution is 5.47. The molecule has 0 saturated carbocycles. The molecular formula is C16H21N5O. The van der Waals surface area contributed by atoms with Crippen molar-refractivity contribution in [3.63, 3.8) is 0 Å². The summed E-state index contributed by atoms with van der Waals surface area (Å²) in [6, 6.07) is 5.93. The number of benzene rings is 1. The fourth-order valence-electron chi connectivity index (χ4n) is 2.33. The summed E-state index contributed by atoms with van der Waals surface area (Å²) in [5.74, 6) is 0.937. The Bertz CT molecular complexity index is 716. The zero-order valence-corrected chi connectivity index (χ0v) is 13.2. The molecule has 0 radical (unpaired) electrons. The number of rotatable bonds is 6. The molecule has 6 nitrogen and oxygen atoms in total. The maximum Gasteiger partial charge on any atom is 0.356 e. The number of aryl methyl sites for hydroxylation is 3. The highest BCUT2D eigenvalue weighted by Gasteiger charge is 2.14. The fraction of sp³-hybridized carbons (Fsp3) is 0.312. The van der Waals surface area contributed by atoms with Gasteiger partial charge in [0.2, 0.25) is 5.95 Å². The third kappa shape index (κ3) is 3.23. The van der Waals surface area contributed by atoms with Crippen molar-refractivity contribution in [2.45, 2.75) is 27.2 Å². The normalized spacial score (nSPS) is 10.5. The van der Waals surface area contributed by atoms with Crippen LogP contribution in [-0.2, 0) is 6.42 Å². The number of nitrogens with one attached hydrogen (secondary N) is 2. The van der Waals surface area contributed by atoms with Crippen LogP contribution in [0.15, 0.2) is 35.6 Å². The molecule has 0 aliphatic carbocycles. The Morgan fingerprint density at radius 3 is 2.55 bits per heavy atom. The second kappa shape index (κ2) is 7.00. The van der Waals surface area contributed by atoms with Gasteiger partial charge in [-0.05, 0) is 25.0 Å². The van der Waals surface area contributed by atoms with E-state index in [0.29, 0.717) is 18.8 Å². The Hall–Kier alpha value is -2.47. The molecule has 6 heteroatoms. The molecule has 0 unspecified atom stereocenters. The predicted octanol–water partition coefficient (Wildman–Crippen LogP) is 1.91. The van der Waals surface area contributed by atoms with Gasteiger partial charge in [-0.3, -0.25) is 5.43 Å². The maximum absolute atomic E-state index is 12.5. The topological polar surface area (TPSA) is 71.8 Å². The Morgan fingerprint density at radius 2 is 1.95 bits per heavy atom. The molecule has 0 bridgehead atoms. The van der Waals surface area contributed by atoms with Crippen LogP contribution in [0.3, 0.4) is 0 Å². The highest BCUT2D eigenvalue weighted by Crippen LogP contribution is 2.18. The Kier molecular flexibility index (Phi) is 5.06. The first-order valence-electron chi connectivity index (χ1n) is 7.24. The molecule has 0 atom stereocenters. The van der Waals surface area contributed by atoms with Crippen molar-refractivity contribution in [1.29, 1.82) is 0 Å². The summed E-state index contributed by atoms with van der Waals surface area (Å²) in [6.07, 6.45) is 2.33. The van der Waals surface area contributed by atoms with E-state index in [1.165, 1.54) is 0 Å². The molecule has 0 fully saturated rings. The van der Waals surface area contributed by atoms with Crippen LogP contribution in [0.4, 0.5) is 5.95 Å². The molecule has 2 rings (SSSR count). The first-order chi connectivity index (χ1) is 10.6. The van der Waals surface area contributed by atoms with Crippen molar-refractivity contribution in [2.24, 2.45) is 0 Å². The van der Waals surface area contributed by atoms with Gasteiger partial charge < -0.3 is 0 Å². The van der Waals surface area contributed by atoms with Gasteiger partial charge >= 0.3 is 5.69 Å². The molecule has 2 aromatic rings. The van der Waals surface area contributed by atoms with Crippen molar-refractivity contribution < 1.29 is 0 Å². The summed E-state index contributed by atoms with van der Waals surface area (Å²) in [5, 5.41) is 0. The number of para-hydroxylation sites is 1. The van der Waals surface area contributed by atoms with Crippen LogP contribution in [0.1, 0.15) is 23.9 Å². The van der Waals surface area contributed by atoms with Gasteiger partial charge in [-0.2, -0.15) is 9.97 Å². The second-order valence-electron chi connectivity index (χ2n) is 4.97. The SMILES string of the molecule is C=CCNNc1nc(CC)n(-c2c(C)cccc2C)c(=O)n1. The molecular weight excluding hydrogens is 278 g/mol. The lowest BCUT2D eigenvalue weighted by molar-refractivity contribution is 0.749. The number of nitrogens with zero attached hydrogens (tertiary/aromatic N) is 3. The van der Waals surface area contributed by atoms with Crippen molar-refractivity contribution in [1.82, 2.24) is 20.0 Å². The summed E-state index contributed by atoms with van der Waals surface area (Å²) in [7, 11) is 0. The number of anilines is 1. The van der Waals surface area contributed by atoms with Crippen LogP contribution in [0.5, 0.6) is 0 Å². The molecule has 0 aliphatic rings. The van der Waals surface area contributed by atoms with Gasteiger partial charge in [-0.15, -0.1) is 6.58 Å². The van der Waals surface area contributed by atoms with Crippen molar-refractivity contribution in [3.8, 4) is 5.69 Å². The molecule has 0 saturated heterocycles. The van der Waals surface area contributed by atoms with Gasteiger partial charge in [0.05, 0.1) is 5.69 Å². The van der Waals surface area contributed by atoms with E-state index in [9.17, 15) is 4.79 Å². The Balaban J connectivity index is 2.53. The van der Waals surface area contributed by atoms with Crippen LogP contribution in [0, 0.1) is 13.8 Å². The number of hydrogen-bond donors (Lipinski definition) is 2. The quantitative estimate of drug-likeness (QED) is 0.484. The minimum atomic E-state index is -0.341. The molecule has 116 valence electrons. The average Bonchev–Trinajstić information content (AvgIpc) is 2.48. The van der Waals surface area contributed by atoms with E-state index < -0.39 is 0 Å². The van der Waals surface area contributed by atoms with Gasteiger partial charge in [-0.1, -0.05) is 31.2 Å². The molecule has 0 aliphatic heterocycles. The van der Waals surface area contributed by atoms with Crippen LogP contribution >= 0.6 is 0 Å². The van der Waals surface area contributed by atoms with Crippen molar-refractivity contribution in [2.75, 3.05) is 12.0 Å². The minimum Gasteiger partial charge on any atom is -0.289 e. The van der Waals surface area contributed by atoms with E-state index in [2.05, 4.69) is 27.4 Å². The first-order valence-corrected chi connectivity index (χ1v) is 7.24. The average molecular weight is 299 g/mol. The summed E-state index contributed by atoms with van der Waals surface area (Å²) in [6.45, 7) is 10.1. The van der Waals surface area contributed by atoms with E-state index in [1.807, 2.05) is 39.0 Å². The minimum absolute atomic E-state index is 0.270. The van der Waals surface area contributed by atoms with Gasteiger partial charge in [0, 0.05) is 13.0 Å². The maximum atomic E-state index is 12.5. The molecule has 1 heterocycles. The van der Waals surface area contributed by atoms with E-state index in [-0.39, 0.29) is 11.6 Å². The van der Waals surface area contributed by atoms with Gasteiger partial charge in [-0.25, -0.2) is 14.8 Å². The third-order valence-corrected chi connectivity index (χ3v) is 3.31. The van der Waals surface area contributed by atoms with E-state index >= 15 is 0 Å². The summed E-state index contributed by atoms with van der Waals surface area (Å²) >= 11 is 0. The zero-order chi connectivity index (χ0) is 16.1. The number of aromatic nitrogens is 3. The zero-order valence-electron chi connectivity index (χ0n) is 13.2. The van der Waals surface area contributed by atoms with Crippen LogP contribution < -0.4 is 16.5 Å². The van der Waals surface area contributed by atoms with Crippen LogP contribution in [0.2, 0.25) is 0 Å². The molecule has 0 spiro atoms. The Labute approximate surface area is 129 Å². The lowest BCUT2D eigenvalue weighted by Crippen LogP contribution is -2.31. The highest BCUT2D eigenvalue weighted by atomic mass is 16.1. The number of hydrogen-bond acceptors (Lipinski definition) is 5. The number of hydrazine groups is 1. The largest absolute Gasteiger partial charge is 0.356 e. The van der Waals surface area contributed by atoms with Crippen molar-refractivity contribution in [3.05, 3.63) is 58.3 Å². The van der Waals surface area contributed by atoms with Gasteiger partial charge in [0.25, 0.3) is 0 Å². The van der Waals surface area contributed by atoms with E-state index in [0.717, 1.165) is 16.8 Å². The molecule has 0 amide bonds. The first kappa shape index (κ1) is 15.9. The van der Waals surface area contributed by atoms with Crippen LogP contribution in [0.25, 0.3) is 5.69 Å². The lowest BCUT2D eigenvalue weighted by Gasteiger charge is -2.16. The summed E-state index contributed by atoms with van der Waals surface area (Å²) in [5.41, 5.74) is 8.24. The molecule has 1 aromatic heterocycles. The fourth-order valence-corrected chi connectivity index (χ4v) is 2.33. The van der Waals surface area contributed by atoms with Gasteiger partial charge in [0.15, 0.2) is 0 Å². The van der Waals surface area contributed by atoms with E-state index in [4.69, 9.17) is 0 Å². The molecule has 22 heavy (non-hydrogen) atoms. The molecule has 1 aromatic carbocycles. The van der Waals surface area contributed by atoms with Gasteiger partial charge in [0.1, 0.15) is 5.82 Å². The Morgan fingerprint density at radius 1 is 1.27 bits per heavy atom. The van der Waals surface area contributed by atoms with Crippen molar-refractivity contribution >= 4 is 5.95 Å². The summed E-state index contributed by atoms with van der Waals surface area (Å²) < 4.78 is 1.59. The third-order valence-electron chi connectivity index (χ3n) is 3.31. The van der Waals surface area contributed by atoms with Crippen LogP contribution in [-0.4, -0.2) is 21.1 Å². The smallest absolute Gasteiger partial charge is 0.289 e. The predicted molar refractivity (Wildman–Crippen MR) is 88.3 cm³/mol. The van der Waals surface area contributed by atoms with E-state index in [1.54, 1.807) is 10.6 Å². The molecule has 2 N–H and O–H groups in total. The summed E-state index contributed by atoms with van der Waals surface area (Å²) in [4.78, 5) is 20.9. The lowest BCUT2D eigenvalue weighted by atomic mass is 10.1.